The molecule has 1 aliphatic heterocycles. The molecular formula is C17H24ClF3N2O3. The van der Waals surface area contributed by atoms with E-state index in [2.05, 4.69) is 5.32 Å². The summed E-state index contributed by atoms with van der Waals surface area (Å²) in [6.07, 6.45) is -2.72. The van der Waals surface area contributed by atoms with Gasteiger partial charge in [-0.05, 0) is 31.5 Å². The van der Waals surface area contributed by atoms with Crippen LogP contribution in [0.4, 0.5) is 13.2 Å². The number of amides is 1. The van der Waals surface area contributed by atoms with Crippen LogP contribution in [0.1, 0.15) is 19.8 Å². The molecule has 1 fully saturated rings. The summed E-state index contributed by atoms with van der Waals surface area (Å²) in [7, 11) is 0. The molecule has 148 valence electrons. The molecule has 1 aromatic rings. The van der Waals surface area contributed by atoms with Crippen LogP contribution < -0.4 is 14.8 Å². The lowest BCUT2D eigenvalue weighted by Gasteiger charge is -2.28. The van der Waals surface area contributed by atoms with Gasteiger partial charge in [0.1, 0.15) is 0 Å². The molecule has 0 saturated carbocycles. The second-order valence-electron chi connectivity index (χ2n) is 5.87. The Bertz CT molecular complexity index is 566. The summed E-state index contributed by atoms with van der Waals surface area (Å²) in [5.41, 5.74) is 0. The van der Waals surface area contributed by atoms with Crippen LogP contribution in [0.3, 0.4) is 0 Å². The van der Waals surface area contributed by atoms with E-state index in [-0.39, 0.29) is 42.5 Å². The van der Waals surface area contributed by atoms with Gasteiger partial charge in [0, 0.05) is 19.1 Å². The molecule has 9 heteroatoms. The molecule has 0 aliphatic carbocycles. The van der Waals surface area contributed by atoms with Gasteiger partial charge in [-0.3, -0.25) is 4.79 Å². The number of halogens is 4. The van der Waals surface area contributed by atoms with Crippen molar-refractivity contribution in [2.75, 3.05) is 32.8 Å². The average molecular weight is 397 g/mol. The predicted molar refractivity (Wildman–Crippen MR) is 94.0 cm³/mol. The number of carbonyl (C=O) groups excluding carboxylic acids is 1. The third kappa shape index (κ3) is 6.92. The van der Waals surface area contributed by atoms with E-state index in [1.807, 2.05) is 6.92 Å². The van der Waals surface area contributed by atoms with Crippen LogP contribution in [-0.4, -0.2) is 55.9 Å². The van der Waals surface area contributed by atoms with Crippen LogP contribution in [0.15, 0.2) is 24.3 Å². The second kappa shape index (κ2) is 10.5. The van der Waals surface area contributed by atoms with E-state index in [9.17, 15) is 18.0 Å². The van der Waals surface area contributed by atoms with Crippen molar-refractivity contribution in [2.45, 2.75) is 32.0 Å². The highest BCUT2D eigenvalue weighted by molar-refractivity contribution is 5.85. The zero-order valence-electron chi connectivity index (χ0n) is 14.6. The van der Waals surface area contributed by atoms with Crippen LogP contribution in [0.5, 0.6) is 11.5 Å². The molecule has 0 bridgehead atoms. The van der Waals surface area contributed by atoms with E-state index in [1.165, 1.54) is 12.1 Å². The van der Waals surface area contributed by atoms with Crippen molar-refractivity contribution in [3.8, 4) is 11.5 Å². The fourth-order valence-electron chi connectivity index (χ4n) is 2.73. The summed E-state index contributed by atoms with van der Waals surface area (Å²) in [5.74, 6) is -0.0838. The van der Waals surface area contributed by atoms with Gasteiger partial charge in [-0.25, -0.2) is 0 Å². The third-order valence-corrected chi connectivity index (χ3v) is 3.85. The van der Waals surface area contributed by atoms with Crippen LogP contribution in [-0.2, 0) is 4.79 Å². The first-order chi connectivity index (χ1) is 11.9. The molecule has 5 nitrogen and oxygen atoms in total. The van der Waals surface area contributed by atoms with Gasteiger partial charge in [-0.15, -0.1) is 12.4 Å². The second-order valence-corrected chi connectivity index (χ2v) is 5.87. The highest BCUT2D eigenvalue weighted by atomic mass is 35.5. The summed E-state index contributed by atoms with van der Waals surface area (Å²) in [5, 5.41) is 3.22. The maximum absolute atomic E-state index is 12.5. The summed E-state index contributed by atoms with van der Waals surface area (Å²) in [6, 6.07) is 6.17. The lowest BCUT2D eigenvalue weighted by molar-refractivity contribution is -0.153. The summed E-state index contributed by atoms with van der Waals surface area (Å²) >= 11 is 0. The molecule has 26 heavy (non-hydrogen) atoms. The number of nitrogens with one attached hydrogen (secondary N) is 1. The lowest BCUT2D eigenvalue weighted by Crippen LogP contribution is -2.44. The summed E-state index contributed by atoms with van der Waals surface area (Å²) < 4.78 is 47.2. The number of hydrogen-bond donors (Lipinski definition) is 1. The Morgan fingerprint density at radius 3 is 2.46 bits per heavy atom. The first kappa shape index (κ1) is 22.4. The molecule has 1 amide bonds. The zero-order valence-corrected chi connectivity index (χ0v) is 15.4. The SMILES string of the molecule is CCCN(C(=O)COc1ccccc1OCC(F)(F)F)C1CCNC1.Cl. The van der Waals surface area contributed by atoms with E-state index in [4.69, 9.17) is 9.47 Å². The van der Waals surface area contributed by atoms with Gasteiger partial charge in [0.25, 0.3) is 5.91 Å². The van der Waals surface area contributed by atoms with Crippen LogP contribution in [0.2, 0.25) is 0 Å². The van der Waals surface area contributed by atoms with Crippen molar-refractivity contribution in [1.29, 1.82) is 0 Å². The number of nitrogens with zero attached hydrogens (tertiary/aromatic N) is 1. The van der Waals surface area contributed by atoms with Crippen molar-refractivity contribution in [1.82, 2.24) is 10.2 Å². The van der Waals surface area contributed by atoms with Crippen molar-refractivity contribution < 1.29 is 27.4 Å². The Hall–Kier alpha value is -1.67. The molecule has 0 radical (unpaired) electrons. The minimum Gasteiger partial charge on any atom is -0.480 e. The first-order valence-corrected chi connectivity index (χ1v) is 8.32. The number of benzene rings is 1. The predicted octanol–water partition coefficient (Wildman–Crippen LogP) is 3.03. The lowest BCUT2D eigenvalue weighted by atomic mass is 10.2. The molecule has 1 aromatic carbocycles. The Labute approximate surface area is 157 Å². The highest BCUT2D eigenvalue weighted by Crippen LogP contribution is 2.28. The molecule has 1 atom stereocenters. The van der Waals surface area contributed by atoms with Crippen molar-refractivity contribution in [3.63, 3.8) is 0 Å². The van der Waals surface area contributed by atoms with E-state index >= 15 is 0 Å². The molecule has 0 aromatic heterocycles. The first-order valence-electron chi connectivity index (χ1n) is 8.32. The standard InChI is InChI=1S/C17H23F3N2O3.ClH/c1-2-9-22(13-7-8-21-10-13)16(23)11-24-14-5-3-4-6-15(14)25-12-17(18,19)20;/h3-6,13,21H,2,7-12H2,1H3;1H. The topological polar surface area (TPSA) is 50.8 Å². The van der Waals surface area contributed by atoms with Gasteiger partial charge in [-0.2, -0.15) is 13.2 Å². The van der Waals surface area contributed by atoms with Crippen molar-refractivity contribution in [2.24, 2.45) is 0 Å². The van der Waals surface area contributed by atoms with Gasteiger partial charge >= 0.3 is 6.18 Å². The number of carbonyl (C=O) groups is 1. The summed E-state index contributed by atoms with van der Waals surface area (Å²) in [4.78, 5) is 14.3. The number of para-hydroxylation sites is 2. The highest BCUT2D eigenvalue weighted by Gasteiger charge is 2.29. The number of ether oxygens (including phenoxy) is 2. The largest absolute Gasteiger partial charge is 0.480 e. The Morgan fingerprint density at radius 2 is 1.92 bits per heavy atom. The van der Waals surface area contributed by atoms with Gasteiger partial charge < -0.3 is 19.7 Å². The number of rotatable bonds is 8. The molecule has 1 unspecified atom stereocenters. The fraction of sp³-hybridized carbons (Fsp3) is 0.588. The number of hydrogen-bond acceptors (Lipinski definition) is 4. The van der Waals surface area contributed by atoms with Gasteiger partial charge in [-0.1, -0.05) is 19.1 Å². The van der Waals surface area contributed by atoms with Gasteiger partial charge in [0.15, 0.2) is 24.7 Å². The van der Waals surface area contributed by atoms with Crippen LogP contribution in [0, 0.1) is 0 Å². The molecular weight excluding hydrogens is 373 g/mol. The molecule has 0 spiro atoms. The van der Waals surface area contributed by atoms with E-state index in [0.717, 1.165) is 25.9 Å². The molecule has 2 rings (SSSR count). The smallest absolute Gasteiger partial charge is 0.422 e. The molecule has 1 N–H and O–H groups in total. The quantitative estimate of drug-likeness (QED) is 0.734. The van der Waals surface area contributed by atoms with Crippen LogP contribution >= 0.6 is 12.4 Å². The van der Waals surface area contributed by atoms with Crippen molar-refractivity contribution >= 4 is 18.3 Å². The Morgan fingerprint density at radius 1 is 1.27 bits per heavy atom. The molecule has 1 saturated heterocycles. The fourth-order valence-corrected chi connectivity index (χ4v) is 2.73. The Kier molecular flexibility index (Phi) is 9.01. The normalized spacial score (nSPS) is 16.7. The van der Waals surface area contributed by atoms with Gasteiger partial charge in [0.05, 0.1) is 0 Å². The summed E-state index contributed by atoms with van der Waals surface area (Å²) in [6.45, 7) is 2.59. The van der Waals surface area contributed by atoms with Gasteiger partial charge in [0.2, 0.25) is 0 Å². The molecule has 1 aliphatic rings. The van der Waals surface area contributed by atoms with Crippen molar-refractivity contribution in [3.05, 3.63) is 24.3 Å². The third-order valence-electron chi connectivity index (χ3n) is 3.85. The average Bonchev–Trinajstić information content (AvgIpc) is 3.10. The minimum absolute atomic E-state index is 0. The molecule has 1 heterocycles. The number of alkyl halides is 3. The maximum atomic E-state index is 12.5. The monoisotopic (exact) mass is 396 g/mol. The van der Waals surface area contributed by atoms with Crippen LogP contribution in [0.25, 0.3) is 0 Å². The van der Waals surface area contributed by atoms with E-state index in [1.54, 1.807) is 17.0 Å². The maximum Gasteiger partial charge on any atom is 0.422 e. The minimum atomic E-state index is -4.43. The Balaban J connectivity index is 0.00000338. The van der Waals surface area contributed by atoms with E-state index in [0.29, 0.717) is 6.54 Å². The zero-order chi connectivity index (χ0) is 18.3. The van der Waals surface area contributed by atoms with E-state index < -0.39 is 12.8 Å².